The molecule has 0 aliphatic carbocycles. The Morgan fingerprint density at radius 3 is 2.75 bits per heavy atom. The second-order valence-corrected chi connectivity index (χ2v) is 5.09. The summed E-state index contributed by atoms with van der Waals surface area (Å²) in [6.45, 7) is 1.90. The first kappa shape index (κ1) is 11.2. The zero-order chi connectivity index (χ0) is 14.1. The van der Waals surface area contributed by atoms with Crippen molar-refractivity contribution in [2.24, 2.45) is 0 Å². The number of carbonyl (C=O) groups excluding carboxylic acids is 2. The van der Waals surface area contributed by atoms with Gasteiger partial charge in [-0.3, -0.25) is 10.1 Å². The molecule has 2 aliphatic rings. The Morgan fingerprint density at radius 2 is 2.05 bits per heavy atom. The molecule has 1 aromatic heterocycles. The Labute approximate surface area is 113 Å². The van der Waals surface area contributed by atoms with E-state index in [2.05, 4.69) is 10.6 Å². The normalized spacial score (nSPS) is 22.7. The van der Waals surface area contributed by atoms with Crippen molar-refractivity contribution in [3.8, 4) is 5.69 Å². The summed E-state index contributed by atoms with van der Waals surface area (Å²) < 4.78 is 15.4. The minimum Gasteiger partial charge on any atom is -0.317 e. The fourth-order valence-corrected chi connectivity index (χ4v) is 3.07. The van der Waals surface area contributed by atoms with Gasteiger partial charge in [0.25, 0.3) is 5.91 Å². The van der Waals surface area contributed by atoms with E-state index in [0.29, 0.717) is 16.9 Å². The van der Waals surface area contributed by atoms with Crippen LogP contribution in [0.1, 0.15) is 16.8 Å². The average molecular weight is 271 g/mol. The Hall–Kier alpha value is -2.63. The van der Waals surface area contributed by atoms with E-state index < -0.39 is 23.3 Å². The molecule has 1 saturated heterocycles. The summed E-state index contributed by atoms with van der Waals surface area (Å²) in [5, 5.41) is 4.88. The van der Waals surface area contributed by atoms with Gasteiger partial charge in [0.2, 0.25) is 0 Å². The Bertz CT molecular complexity index is 796. The fraction of sp³-hybridized carbons (Fsp3) is 0.143. The number of amides is 3. The average Bonchev–Trinajstić information content (AvgIpc) is 2.96. The highest BCUT2D eigenvalue weighted by molar-refractivity contribution is 6.10. The third-order valence-corrected chi connectivity index (χ3v) is 3.83. The molecule has 1 unspecified atom stereocenters. The molecule has 100 valence electrons. The van der Waals surface area contributed by atoms with E-state index in [1.165, 1.54) is 12.1 Å². The molecule has 2 aromatic rings. The van der Waals surface area contributed by atoms with Crippen molar-refractivity contribution in [2.45, 2.75) is 12.5 Å². The highest BCUT2D eigenvalue weighted by Gasteiger charge is 2.55. The molecule has 1 atom stereocenters. The number of fused-ring (bicyclic) bond motifs is 5. The molecule has 3 amide bonds. The first-order valence-corrected chi connectivity index (χ1v) is 6.16. The molecule has 0 radical (unpaired) electrons. The number of aromatic nitrogens is 1. The Morgan fingerprint density at radius 1 is 1.25 bits per heavy atom. The standard InChI is InChI=1S/C14H10FN3O2/c1-7-4-11-14(12(19)16-13(20)17-14)9-5-8(15)2-3-10(9)18(11)6-7/h2-6H,1H3,(H2,16,17,19,20). The number of hydrogen-bond donors (Lipinski definition) is 2. The summed E-state index contributed by atoms with van der Waals surface area (Å²) in [7, 11) is 0. The van der Waals surface area contributed by atoms with Gasteiger partial charge in [0.05, 0.1) is 11.4 Å². The van der Waals surface area contributed by atoms with Crippen LogP contribution in [0.5, 0.6) is 0 Å². The van der Waals surface area contributed by atoms with Crippen LogP contribution in [-0.2, 0) is 10.3 Å². The Balaban J connectivity index is 2.11. The minimum atomic E-state index is -1.33. The van der Waals surface area contributed by atoms with E-state index in [1.807, 2.05) is 23.8 Å². The third kappa shape index (κ3) is 1.11. The first-order chi connectivity index (χ1) is 9.52. The van der Waals surface area contributed by atoms with Gasteiger partial charge in [-0.15, -0.1) is 0 Å². The molecule has 0 bridgehead atoms. The number of urea groups is 1. The number of rotatable bonds is 0. The quantitative estimate of drug-likeness (QED) is 0.710. The molecule has 0 saturated carbocycles. The van der Waals surface area contributed by atoms with Crippen molar-refractivity contribution in [3.05, 3.63) is 53.1 Å². The monoisotopic (exact) mass is 271 g/mol. The lowest BCUT2D eigenvalue weighted by Crippen LogP contribution is -2.43. The number of halogens is 1. The van der Waals surface area contributed by atoms with Crippen LogP contribution in [0, 0.1) is 12.7 Å². The molecule has 1 fully saturated rings. The van der Waals surface area contributed by atoms with Gasteiger partial charge in [-0.05, 0) is 36.8 Å². The summed E-state index contributed by atoms with van der Waals surface area (Å²) in [6.07, 6.45) is 1.86. The molecule has 6 heteroatoms. The summed E-state index contributed by atoms with van der Waals surface area (Å²) in [4.78, 5) is 23.9. The predicted molar refractivity (Wildman–Crippen MR) is 67.9 cm³/mol. The van der Waals surface area contributed by atoms with Crippen LogP contribution >= 0.6 is 0 Å². The van der Waals surface area contributed by atoms with Crippen molar-refractivity contribution < 1.29 is 14.0 Å². The van der Waals surface area contributed by atoms with Crippen molar-refractivity contribution in [1.29, 1.82) is 0 Å². The lowest BCUT2D eigenvalue weighted by atomic mass is 9.88. The van der Waals surface area contributed by atoms with Crippen LogP contribution in [0.3, 0.4) is 0 Å². The summed E-state index contributed by atoms with van der Waals surface area (Å²) in [5.74, 6) is -0.925. The van der Waals surface area contributed by atoms with Crippen molar-refractivity contribution in [1.82, 2.24) is 15.2 Å². The van der Waals surface area contributed by atoms with Crippen LogP contribution in [0.4, 0.5) is 9.18 Å². The summed E-state index contributed by atoms with van der Waals surface area (Å²) in [6, 6.07) is 5.50. The van der Waals surface area contributed by atoms with Gasteiger partial charge >= 0.3 is 6.03 Å². The van der Waals surface area contributed by atoms with Gasteiger partial charge in [0.1, 0.15) is 5.82 Å². The molecule has 4 rings (SSSR count). The molecule has 2 aliphatic heterocycles. The number of hydrogen-bond acceptors (Lipinski definition) is 2. The zero-order valence-electron chi connectivity index (χ0n) is 10.5. The molecular weight excluding hydrogens is 261 g/mol. The topological polar surface area (TPSA) is 63.1 Å². The van der Waals surface area contributed by atoms with Gasteiger partial charge in [-0.25, -0.2) is 9.18 Å². The van der Waals surface area contributed by atoms with Crippen LogP contribution in [-0.4, -0.2) is 16.5 Å². The first-order valence-electron chi connectivity index (χ1n) is 6.16. The smallest absolute Gasteiger partial charge is 0.317 e. The maximum atomic E-state index is 13.6. The van der Waals surface area contributed by atoms with E-state index >= 15 is 0 Å². The number of benzene rings is 1. The lowest BCUT2D eigenvalue weighted by Gasteiger charge is -2.20. The molecule has 5 nitrogen and oxygen atoms in total. The number of carbonyl (C=O) groups is 2. The van der Waals surface area contributed by atoms with Crippen molar-refractivity contribution >= 4 is 11.9 Å². The number of nitrogens with zero attached hydrogens (tertiary/aromatic N) is 1. The second kappa shape index (κ2) is 3.27. The minimum absolute atomic E-state index is 0.445. The van der Waals surface area contributed by atoms with Crippen LogP contribution in [0.25, 0.3) is 5.69 Å². The maximum absolute atomic E-state index is 13.6. The van der Waals surface area contributed by atoms with Crippen LogP contribution in [0.2, 0.25) is 0 Å². The fourth-order valence-electron chi connectivity index (χ4n) is 3.07. The van der Waals surface area contributed by atoms with Gasteiger partial charge in [0.15, 0.2) is 5.54 Å². The molecule has 20 heavy (non-hydrogen) atoms. The number of nitrogens with one attached hydrogen (secondary N) is 2. The Kier molecular flexibility index (Phi) is 1.84. The highest BCUT2D eigenvalue weighted by Crippen LogP contribution is 2.44. The highest BCUT2D eigenvalue weighted by atomic mass is 19.1. The van der Waals surface area contributed by atoms with E-state index in [1.54, 1.807) is 6.07 Å². The van der Waals surface area contributed by atoms with Crippen LogP contribution in [0.15, 0.2) is 30.5 Å². The van der Waals surface area contributed by atoms with E-state index in [9.17, 15) is 14.0 Å². The molecule has 1 aromatic carbocycles. The van der Waals surface area contributed by atoms with Crippen molar-refractivity contribution in [3.63, 3.8) is 0 Å². The second-order valence-electron chi connectivity index (χ2n) is 5.09. The lowest BCUT2D eigenvalue weighted by molar-refractivity contribution is -0.122. The molecule has 3 heterocycles. The largest absolute Gasteiger partial charge is 0.322 e. The zero-order valence-corrected chi connectivity index (χ0v) is 10.5. The summed E-state index contributed by atoms with van der Waals surface area (Å²) >= 11 is 0. The number of aryl methyl sites for hydroxylation is 1. The van der Waals surface area contributed by atoms with E-state index in [0.717, 1.165) is 5.56 Å². The maximum Gasteiger partial charge on any atom is 0.322 e. The van der Waals surface area contributed by atoms with Crippen molar-refractivity contribution in [2.75, 3.05) is 0 Å². The van der Waals surface area contributed by atoms with Gasteiger partial charge in [0, 0.05) is 11.8 Å². The van der Waals surface area contributed by atoms with Gasteiger partial charge in [-0.2, -0.15) is 0 Å². The summed E-state index contributed by atoms with van der Waals surface area (Å²) in [5.41, 5.74) is 1.41. The third-order valence-electron chi connectivity index (χ3n) is 3.83. The number of imide groups is 1. The van der Waals surface area contributed by atoms with E-state index in [-0.39, 0.29) is 0 Å². The van der Waals surface area contributed by atoms with Crippen LogP contribution < -0.4 is 10.6 Å². The van der Waals surface area contributed by atoms with Gasteiger partial charge < -0.3 is 9.88 Å². The molecule has 2 N–H and O–H groups in total. The molecule has 1 spiro atoms. The molecular formula is C14H10FN3O2. The van der Waals surface area contributed by atoms with Gasteiger partial charge in [-0.1, -0.05) is 0 Å². The van der Waals surface area contributed by atoms with E-state index in [4.69, 9.17) is 0 Å². The SMILES string of the molecule is Cc1cc2n(c1)-c1ccc(F)cc1C21NC(=O)NC1=O. The predicted octanol–water partition coefficient (Wildman–Crippen LogP) is 1.32.